The van der Waals surface area contributed by atoms with E-state index in [1.165, 1.54) is 0 Å². The van der Waals surface area contributed by atoms with Crippen LogP contribution in [0.4, 0.5) is 0 Å². The highest BCUT2D eigenvalue weighted by Crippen LogP contribution is 2.20. The summed E-state index contributed by atoms with van der Waals surface area (Å²) in [5.74, 6) is 1.45. The summed E-state index contributed by atoms with van der Waals surface area (Å²) in [4.78, 5) is 11.7. The van der Waals surface area contributed by atoms with Gasteiger partial charge in [-0.3, -0.25) is 4.79 Å². The standard InChI is InChI=1S/C21H23NO3/c1-3-5-6-21(24-18-11-7-16(15-22)8-12-18)25-19-13-9-17(10-14-19)20(23)4-2/h7-14,21H,3-6H2,1-2H3. The second-order valence-corrected chi connectivity index (χ2v) is 5.74. The molecule has 0 fully saturated rings. The van der Waals surface area contributed by atoms with E-state index >= 15 is 0 Å². The topological polar surface area (TPSA) is 59.3 Å². The zero-order chi connectivity index (χ0) is 18.1. The van der Waals surface area contributed by atoms with Crippen LogP contribution in [0.1, 0.15) is 55.5 Å². The zero-order valence-corrected chi connectivity index (χ0v) is 14.7. The molecule has 0 saturated carbocycles. The van der Waals surface area contributed by atoms with E-state index in [2.05, 4.69) is 13.0 Å². The minimum atomic E-state index is -0.416. The number of hydrogen-bond donors (Lipinski definition) is 0. The van der Waals surface area contributed by atoms with Crippen molar-refractivity contribution in [3.05, 3.63) is 59.7 Å². The number of benzene rings is 2. The van der Waals surface area contributed by atoms with Crippen molar-refractivity contribution in [2.24, 2.45) is 0 Å². The van der Waals surface area contributed by atoms with Crippen LogP contribution >= 0.6 is 0 Å². The van der Waals surface area contributed by atoms with Crippen LogP contribution in [-0.2, 0) is 0 Å². The van der Waals surface area contributed by atoms with Gasteiger partial charge in [0.2, 0.25) is 6.29 Å². The summed E-state index contributed by atoms with van der Waals surface area (Å²) in [7, 11) is 0. The first-order valence-corrected chi connectivity index (χ1v) is 8.63. The second kappa shape index (κ2) is 9.48. The minimum absolute atomic E-state index is 0.114. The smallest absolute Gasteiger partial charge is 0.241 e. The van der Waals surface area contributed by atoms with Gasteiger partial charge in [0, 0.05) is 18.4 Å². The van der Waals surface area contributed by atoms with Crippen molar-refractivity contribution in [1.29, 1.82) is 5.26 Å². The molecule has 0 bridgehead atoms. The Morgan fingerprint density at radius 3 is 2.04 bits per heavy atom. The average Bonchev–Trinajstić information content (AvgIpc) is 2.66. The predicted molar refractivity (Wildman–Crippen MR) is 96.8 cm³/mol. The van der Waals surface area contributed by atoms with Gasteiger partial charge in [-0.2, -0.15) is 5.26 Å². The highest BCUT2D eigenvalue weighted by Gasteiger charge is 2.13. The van der Waals surface area contributed by atoms with Gasteiger partial charge in [0.25, 0.3) is 0 Å². The maximum Gasteiger partial charge on any atom is 0.241 e. The van der Waals surface area contributed by atoms with Gasteiger partial charge in [0.05, 0.1) is 11.6 Å². The molecule has 0 aliphatic carbocycles. The van der Waals surface area contributed by atoms with E-state index in [4.69, 9.17) is 14.7 Å². The van der Waals surface area contributed by atoms with Crippen LogP contribution < -0.4 is 9.47 Å². The Hall–Kier alpha value is -2.80. The summed E-state index contributed by atoms with van der Waals surface area (Å²) in [6.07, 6.45) is 2.85. The fourth-order valence-electron chi connectivity index (χ4n) is 2.35. The van der Waals surface area contributed by atoms with Gasteiger partial charge in [-0.25, -0.2) is 0 Å². The molecule has 0 heterocycles. The number of rotatable bonds is 9. The Bertz CT molecular complexity index is 714. The van der Waals surface area contributed by atoms with E-state index in [1.807, 2.05) is 6.92 Å². The van der Waals surface area contributed by atoms with Gasteiger partial charge >= 0.3 is 0 Å². The summed E-state index contributed by atoms with van der Waals surface area (Å²) in [6.45, 7) is 3.96. The number of nitrogens with zero attached hydrogens (tertiary/aromatic N) is 1. The lowest BCUT2D eigenvalue weighted by Crippen LogP contribution is -2.24. The Balaban J connectivity index is 2.05. The van der Waals surface area contributed by atoms with Crippen molar-refractivity contribution in [3.8, 4) is 17.6 Å². The number of ether oxygens (including phenoxy) is 2. The van der Waals surface area contributed by atoms with Crippen LogP contribution in [0.3, 0.4) is 0 Å². The monoisotopic (exact) mass is 337 g/mol. The van der Waals surface area contributed by atoms with Crippen LogP contribution in [0.15, 0.2) is 48.5 Å². The van der Waals surface area contributed by atoms with Gasteiger partial charge in [0.15, 0.2) is 5.78 Å². The lowest BCUT2D eigenvalue weighted by Gasteiger charge is -2.20. The van der Waals surface area contributed by atoms with Crippen LogP contribution in [0.25, 0.3) is 0 Å². The molecule has 1 unspecified atom stereocenters. The van der Waals surface area contributed by atoms with Crippen molar-refractivity contribution in [1.82, 2.24) is 0 Å². The van der Waals surface area contributed by atoms with E-state index in [0.717, 1.165) is 19.3 Å². The summed E-state index contributed by atoms with van der Waals surface area (Å²) in [5, 5.41) is 8.86. The van der Waals surface area contributed by atoms with Gasteiger partial charge in [-0.1, -0.05) is 20.3 Å². The molecule has 2 rings (SSSR count). The molecular formula is C21H23NO3. The number of Topliss-reactive ketones (excluding diaryl/α,β-unsaturated/α-hetero) is 1. The number of carbonyl (C=O) groups is 1. The summed E-state index contributed by atoms with van der Waals surface area (Å²) in [5.41, 5.74) is 1.28. The molecule has 0 aliphatic rings. The fraction of sp³-hybridized carbons (Fsp3) is 0.333. The van der Waals surface area contributed by atoms with Gasteiger partial charge in [0.1, 0.15) is 11.5 Å². The van der Waals surface area contributed by atoms with E-state index in [1.54, 1.807) is 48.5 Å². The molecule has 0 spiro atoms. The number of ketones is 1. The summed E-state index contributed by atoms with van der Waals surface area (Å²) >= 11 is 0. The van der Waals surface area contributed by atoms with Crippen molar-refractivity contribution >= 4 is 5.78 Å². The van der Waals surface area contributed by atoms with Crippen molar-refractivity contribution < 1.29 is 14.3 Å². The maximum atomic E-state index is 11.7. The van der Waals surface area contributed by atoms with Gasteiger partial charge < -0.3 is 9.47 Å². The van der Waals surface area contributed by atoms with E-state index in [-0.39, 0.29) is 5.78 Å². The Morgan fingerprint density at radius 1 is 1.00 bits per heavy atom. The molecule has 4 nitrogen and oxygen atoms in total. The number of unbranched alkanes of at least 4 members (excludes halogenated alkanes) is 1. The molecule has 0 saturated heterocycles. The molecule has 25 heavy (non-hydrogen) atoms. The number of hydrogen-bond acceptors (Lipinski definition) is 4. The second-order valence-electron chi connectivity index (χ2n) is 5.74. The molecule has 0 radical (unpaired) electrons. The SMILES string of the molecule is CCCCC(Oc1ccc(C#N)cc1)Oc1ccc(C(=O)CC)cc1. The molecule has 130 valence electrons. The third-order valence-corrected chi connectivity index (χ3v) is 3.81. The largest absolute Gasteiger partial charge is 0.455 e. The van der Waals surface area contributed by atoms with Crippen LogP contribution in [0.5, 0.6) is 11.5 Å². The quantitative estimate of drug-likeness (QED) is 0.470. The normalized spacial score (nSPS) is 11.4. The molecule has 0 N–H and O–H groups in total. The lowest BCUT2D eigenvalue weighted by molar-refractivity contribution is -0.00212. The first-order valence-electron chi connectivity index (χ1n) is 8.63. The molecule has 0 amide bonds. The van der Waals surface area contributed by atoms with Crippen LogP contribution in [0.2, 0.25) is 0 Å². The van der Waals surface area contributed by atoms with Crippen molar-refractivity contribution in [2.45, 2.75) is 45.8 Å². The van der Waals surface area contributed by atoms with Gasteiger partial charge in [-0.05, 0) is 55.0 Å². The third-order valence-electron chi connectivity index (χ3n) is 3.81. The van der Waals surface area contributed by atoms with Crippen molar-refractivity contribution in [3.63, 3.8) is 0 Å². The molecule has 0 aromatic heterocycles. The molecule has 4 heteroatoms. The Morgan fingerprint density at radius 2 is 1.56 bits per heavy atom. The lowest BCUT2D eigenvalue weighted by atomic mass is 10.1. The van der Waals surface area contributed by atoms with E-state index < -0.39 is 6.29 Å². The van der Waals surface area contributed by atoms with E-state index in [0.29, 0.717) is 29.0 Å². The Labute approximate surface area is 149 Å². The highest BCUT2D eigenvalue weighted by molar-refractivity contribution is 5.95. The molecule has 0 aliphatic heterocycles. The third kappa shape index (κ3) is 5.65. The number of nitriles is 1. The van der Waals surface area contributed by atoms with Gasteiger partial charge in [-0.15, -0.1) is 0 Å². The maximum absolute atomic E-state index is 11.7. The number of carbonyl (C=O) groups excluding carboxylic acids is 1. The summed E-state index contributed by atoms with van der Waals surface area (Å²) in [6, 6.07) is 16.2. The predicted octanol–water partition coefficient (Wildman–Crippen LogP) is 5.13. The minimum Gasteiger partial charge on any atom is -0.455 e. The highest BCUT2D eigenvalue weighted by atomic mass is 16.7. The summed E-state index contributed by atoms with van der Waals surface area (Å²) < 4.78 is 11.9. The van der Waals surface area contributed by atoms with E-state index in [9.17, 15) is 4.79 Å². The first kappa shape index (κ1) is 18.5. The van der Waals surface area contributed by atoms with Crippen LogP contribution in [0, 0.1) is 11.3 Å². The Kier molecular flexibility index (Phi) is 7.03. The van der Waals surface area contributed by atoms with Crippen molar-refractivity contribution in [2.75, 3.05) is 0 Å². The molecule has 2 aromatic rings. The molecule has 2 aromatic carbocycles. The van der Waals surface area contributed by atoms with Crippen LogP contribution in [-0.4, -0.2) is 12.1 Å². The molecular weight excluding hydrogens is 314 g/mol. The zero-order valence-electron chi connectivity index (χ0n) is 14.7. The fourth-order valence-corrected chi connectivity index (χ4v) is 2.35. The molecule has 1 atom stereocenters. The first-order chi connectivity index (χ1) is 12.2. The average molecular weight is 337 g/mol.